The maximum Gasteiger partial charge on any atom is 0.322 e. The van der Waals surface area contributed by atoms with E-state index >= 15 is 0 Å². The van der Waals surface area contributed by atoms with Gasteiger partial charge >= 0.3 is 6.01 Å². The van der Waals surface area contributed by atoms with E-state index in [0.29, 0.717) is 12.3 Å². The molecule has 0 saturated carbocycles. The van der Waals surface area contributed by atoms with Crippen LogP contribution in [-0.2, 0) is 6.42 Å². The van der Waals surface area contributed by atoms with Gasteiger partial charge in [-0.05, 0) is 24.6 Å². The minimum Gasteiger partial charge on any atom is -0.407 e. The van der Waals surface area contributed by atoms with Gasteiger partial charge in [0.2, 0.25) is 5.89 Å². The molecule has 0 aliphatic rings. The van der Waals surface area contributed by atoms with Crippen molar-refractivity contribution in [3.63, 3.8) is 0 Å². The van der Waals surface area contributed by atoms with Crippen molar-refractivity contribution in [3.8, 4) is 0 Å². The fourth-order valence-corrected chi connectivity index (χ4v) is 2.16. The third-order valence-electron chi connectivity index (χ3n) is 3.50. The van der Waals surface area contributed by atoms with Crippen molar-refractivity contribution in [3.05, 3.63) is 81.2 Å². The summed E-state index contributed by atoms with van der Waals surface area (Å²) in [6, 6.07) is 13.1. The van der Waals surface area contributed by atoms with Crippen LogP contribution in [0.5, 0.6) is 0 Å². The lowest BCUT2D eigenvalue weighted by Gasteiger charge is -2.00. The molecule has 0 aliphatic carbocycles. The van der Waals surface area contributed by atoms with Gasteiger partial charge in [-0.3, -0.25) is 20.2 Å². The quantitative estimate of drug-likeness (QED) is 0.565. The minimum atomic E-state index is -0.531. The van der Waals surface area contributed by atoms with E-state index < -0.39 is 10.8 Å². The molecule has 0 fully saturated rings. The number of nitro benzene ring substituents is 1. The Balaban J connectivity index is 1.65. The monoisotopic (exact) mass is 338 g/mol. The van der Waals surface area contributed by atoms with E-state index in [2.05, 4.69) is 15.5 Å². The van der Waals surface area contributed by atoms with Crippen molar-refractivity contribution in [2.75, 3.05) is 5.32 Å². The number of anilines is 1. The van der Waals surface area contributed by atoms with E-state index in [4.69, 9.17) is 4.42 Å². The topological polar surface area (TPSA) is 111 Å². The third-order valence-corrected chi connectivity index (χ3v) is 3.50. The van der Waals surface area contributed by atoms with E-state index in [-0.39, 0.29) is 17.3 Å². The zero-order valence-electron chi connectivity index (χ0n) is 13.3. The van der Waals surface area contributed by atoms with Crippen molar-refractivity contribution in [2.45, 2.75) is 13.3 Å². The molecule has 1 heterocycles. The number of amides is 1. The summed E-state index contributed by atoms with van der Waals surface area (Å²) in [6.07, 6.45) is 0.459. The first kappa shape index (κ1) is 16.3. The van der Waals surface area contributed by atoms with E-state index in [1.165, 1.54) is 24.3 Å². The summed E-state index contributed by atoms with van der Waals surface area (Å²) in [6.45, 7) is 2.00. The molecule has 25 heavy (non-hydrogen) atoms. The van der Waals surface area contributed by atoms with Crippen LogP contribution in [0.3, 0.4) is 0 Å². The summed E-state index contributed by atoms with van der Waals surface area (Å²) in [7, 11) is 0. The second-order valence-electron chi connectivity index (χ2n) is 5.42. The van der Waals surface area contributed by atoms with Gasteiger partial charge in [0.25, 0.3) is 11.6 Å². The Bertz CT molecular complexity index is 901. The van der Waals surface area contributed by atoms with Gasteiger partial charge in [0, 0.05) is 17.7 Å². The number of rotatable bonds is 5. The smallest absolute Gasteiger partial charge is 0.322 e. The molecule has 8 heteroatoms. The lowest BCUT2D eigenvalue weighted by Crippen LogP contribution is -2.12. The lowest BCUT2D eigenvalue weighted by molar-refractivity contribution is -0.384. The largest absolute Gasteiger partial charge is 0.407 e. The average molecular weight is 338 g/mol. The minimum absolute atomic E-state index is 0.0227. The molecule has 0 radical (unpaired) electrons. The predicted molar refractivity (Wildman–Crippen MR) is 89.3 cm³/mol. The second kappa shape index (κ2) is 6.91. The van der Waals surface area contributed by atoms with Crippen molar-refractivity contribution in [1.82, 2.24) is 10.2 Å². The van der Waals surface area contributed by atoms with Gasteiger partial charge in [-0.1, -0.05) is 34.9 Å². The number of carbonyl (C=O) groups is 1. The molecule has 3 rings (SSSR count). The Kier molecular flexibility index (Phi) is 4.51. The highest BCUT2D eigenvalue weighted by atomic mass is 16.6. The number of nitro groups is 1. The van der Waals surface area contributed by atoms with Crippen LogP contribution in [0.1, 0.15) is 27.4 Å². The molecule has 0 atom stereocenters. The van der Waals surface area contributed by atoms with Crippen LogP contribution in [0.4, 0.5) is 11.7 Å². The molecule has 126 valence electrons. The van der Waals surface area contributed by atoms with Gasteiger partial charge in [0.1, 0.15) is 0 Å². The number of benzene rings is 2. The Labute approximate surface area is 142 Å². The maximum absolute atomic E-state index is 12.1. The Morgan fingerprint density at radius 2 is 1.80 bits per heavy atom. The predicted octanol–water partition coefficient (Wildman–Crippen LogP) is 3.13. The van der Waals surface area contributed by atoms with Crippen LogP contribution in [0.15, 0.2) is 52.9 Å². The summed E-state index contributed by atoms with van der Waals surface area (Å²) in [5, 5.41) is 20.8. The van der Waals surface area contributed by atoms with E-state index in [1.807, 2.05) is 31.2 Å². The number of aryl methyl sites for hydroxylation is 1. The zero-order chi connectivity index (χ0) is 17.8. The van der Waals surface area contributed by atoms with Crippen molar-refractivity contribution in [2.24, 2.45) is 0 Å². The molecule has 1 amide bonds. The number of nitrogens with zero attached hydrogens (tertiary/aromatic N) is 3. The second-order valence-corrected chi connectivity index (χ2v) is 5.42. The fraction of sp³-hybridized carbons (Fsp3) is 0.118. The van der Waals surface area contributed by atoms with Crippen molar-refractivity contribution in [1.29, 1.82) is 0 Å². The first-order chi connectivity index (χ1) is 12.0. The van der Waals surface area contributed by atoms with Gasteiger partial charge < -0.3 is 4.42 Å². The molecule has 1 aromatic heterocycles. The van der Waals surface area contributed by atoms with Crippen LogP contribution < -0.4 is 5.32 Å². The first-order valence-corrected chi connectivity index (χ1v) is 7.45. The number of nitrogens with one attached hydrogen (secondary N) is 1. The SMILES string of the molecule is Cc1ccc(Cc2nnc(NC(=O)c3ccc([N+](=O)[O-])cc3)o2)cc1. The van der Waals surface area contributed by atoms with Gasteiger partial charge in [-0.2, -0.15) is 0 Å². The molecule has 0 unspecified atom stereocenters. The highest BCUT2D eigenvalue weighted by Crippen LogP contribution is 2.15. The molecule has 0 bridgehead atoms. The first-order valence-electron chi connectivity index (χ1n) is 7.45. The summed E-state index contributed by atoms with van der Waals surface area (Å²) in [5.74, 6) is -0.108. The van der Waals surface area contributed by atoms with Gasteiger partial charge in [0.15, 0.2) is 0 Å². The Morgan fingerprint density at radius 1 is 1.12 bits per heavy atom. The number of hydrogen-bond acceptors (Lipinski definition) is 6. The van der Waals surface area contributed by atoms with Crippen LogP contribution in [0, 0.1) is 17.0 Å². The average Bonchev–Trinajstić information content (AvgIpc) is 3.04. The molecule has 3 aromatic rings. The maximum atomic E-state index is 12.1. The van der Waals surface area contributed by atoms with Gasteiger partial charge in [0.05, 0.1) is 11.3 Å². The number of non-ortho nitro benzene ring substituents is 1. The highest BCUT2D eigenvalue weighted by Gasteiger charge is 2.13. The number of aromatic nitrogens is 2. The third kappa shape index (κ3) is 4.05. The molecule has 0 saturated heterocycles. The summed E-state index contributed by atoms with van der Waals surface area (Å²) in [5.41, 5.74) is 2.34. The summed E-state index contributed by atoms with van der Waals surface area (Å²) < 4.78 is 5.41. The number of carbonyl (C=O) groups excluding carboxylic acids is 1. The number of hydrogen-bond donors (Lipinski definition) is 1. The molecule has 0 aliphatic heterocycles. The Hall–Kier alpha value is -3.55. The summed E-state index contributed by atoms with van der Waals surface area (Å²) >= 11 is 0. The van der Waals surface area contributed by atoms with Crippen LogP contribution in [-0.4, -0.2) is 21.0 Å². The zero-order valence-corrected chi connectivity index (χ0v) is 13.3. The van der Waals surface area contributed by atoms with Crippen LogP contribution >= 0.6 is 0 Å². The molecular formula is C17H14N4O4. The molecule has 1 N–H and O–H groups in total. The Morgan fingerprint density at radius 3 is 2.44 bits per heavy atom. The van der Waals surface area contributed by atoms with Crippen molar-refractivity contribution >= 4 is 17.6 Å². The van der Waals surface area contributed by atoms with E-state index in [1.54, 1.807) is 0 Å². The molecular weight excluding hydrogens is 324 g/mol. The molecule has 8 nitrogen and oxygen atoms in total. The fourth-order valence-electron chi connectivity index (χ4n) is 2.16. The highest BCUT2D eigenvalue weighted by molar-refractivity contribution is 6.03. The van der Waals surface area contributed by atoms with Crippen LogP contribution in [0.2, 0.25) is 0 Å². The van der Waals surface area contributed by atoms with E-state index in [0.717, 1.165) is 11.1 Å². The van der Waals surface area contributed by atoms with Gasteiger partial charge in [-0.25, -0.2) is 0 Å². The molecule has 0 spiro atoms. The molecule has 2 aromatic carbocycles. The van der Waals surface area contributed by atoms with E-state index in [9.17, 15) is 14.9 Å². The standard InChI is InChI=1S/C17H14N4O4/c1-11-2-4-12(5-3-11)10-15-19-20-17(25-15)18-16(22)13-6-8-14(9-7-13)21(23)24/h2-9H,10H2,1H3,(H,18,20,22). The summed E-state index contributed by atoms with van der Waals surface area (Å²) in [4.78, 5) is 22.2. The van der Waals surface area contributed by atoms with Gasteiger partial charge in [-0.15, -0.1) is 5.10 Å². The van der Waals surface area contributed by atoms with Crippen molar-refractivity contribution < 1.29 is 14.1 Å². The normalized spacial score (nSPS) is 10.4. The van der Waals surface area contributed by atoms with Crippen LogP contribution in [0.25, 0.3) is 0 Å². The lowest BCUT2D eigenvalue weighted by atomic mass is 10.1.